The van der Waals surface area contributed by atoms with E-state index in [9.17, 15) is 10.2 Å². The van der Waals surface area contributed by atoms with Gasteiger partial charge in [-0.1, -0.05) is 30.3 Å². The molecule has 2 N–H and O–H groups in total. The summed E-state index contributed by atoms with van der Waals surface area (Å²) < 4.78 is 5.13. The minimum absolute atomic E-state index is 0.344. The third-order valence-corrected chi connectivity index (χ3v) is 2.41. The summed E-state index contributed by atoms with van der Waals surface area (Å²) in [6.07, 6.45) is 1.47. The molecule has 1 aromatic heterocycles. The van der Waals surface area contributed by atoms with E-state index in [0.717, 1.165) is 0 Å². The number of aliphatic hydroxyl groups excluding tert-OH is 1. The number of benzene rings is 1. The van der Waals surface area contributed by atoms with Crippen LogP contribution in [0.1, 0.15) is 11.3 Å². The fourth-order valence-electron chi connectivity index (χ4n) is 1.54. The molecule has 3 nitrogen and oxygen atoms in total. The summed E-state index contributed by atoms with van der Waals surface area (Å²) in [5, 5.41) is 19.6. The van der Waals surface area contributed by atoms with Crippen molar-refractivity contribution in [3.05, 3.63) is 60.1 Å². The first-order chi connectivity index (χ1) is 7.27. The topological polar surface area (TPSA) is 53.6 Å². The Morgan fingerprint density at radius 3 is 2.33 bits per heavy atom. The Bertz CT molecular complexity index is 408. The zero-order chi connectivity index (χ0) is 10.7. The molecule has 1 unspecified atom stereocenters. The molecule has 0 aliphatic rings. The summed E-state index contributed by atoms with van der Waals surface area (Å²) in [4.78, 5) is 0. The molecule has 0 saturated heterocycles. The molecule has 78 valence electrons. The zero-order valence-corrected chi connectivity index (χ0v) is 8.13. The third kappa shape index (κ3) is 1.67. The maximum Gasteiger partial charge on any atom is 0.170 e. The molecule has 0 radical (unpaired) electrons. The number of rotatable bonds is 3. The number of hydrogen-bond acceptors (Lipinski definition) is 3. The Labute approximate surface area is 87.6 Å². The number of hydrogen-bond donors (Lipinski definition) is 2. The lowest BCUT2D eigenvalue weighted by atomic mass is 9.92. The summed E-state index contributed by atoms with van der Waals surface area (Å²) in [5.41, 5.74) is -0.840. The van der Waals surface area contributed by atoms with E-state index in [1.54, 1.807) is 36.4 Å². The largest absolute Gasteiger partial charge is 0.466 e. The molecule has 2 aromatic rings. The van der Waals surface area contributed by atoms with E-state index in [-0.39, 0.29) is 0 Å². The monoisotopic (exact) mass is 204 g/mol. The standard InChI is InChI=1S/C12H12O3/c13-9-12(14,11-7-4-8-15-11)10-5-2-1-3-6-10/h1-8,13-14H,9H2. The van der Waals surface area contributed by atoms with Gasteiger partial charge in [-0.2, -0.15) is 0 Å². The van der Waals surface area contributed by atoms with Gasteiger partial charge < -0.3 is 14.6 Å². The van der Waals surface area contributed by atoms with Gasteiger partial charge in [-0.05, 0) is 17.7 Å². The van der Waals surface area contributed by atoms with E-state index in [1.165, 1.54) is 6.26 Å². The highest BCUT2D eigenvalue weighted by Crippen LogP contribution is 2.29. The molecule has 2 rings (SSSR count). The van der Waals surface area contributed by atoms with Crippen LogP contribution in [0, 0.1) is 0 Å². The minimum atomic E-state index is -1.45. The second-order valence-electron chi connectivity index (χ2n) is 3.36. The first-order valence-corrected chi connectivity index (χ1v) is 4.70. The van der Waals surface area contributed by atoms with Gasteiger partial charge in [-0.25, -0.2) is 0 Å². The van der Waals surface area contributed by atoms with Gasteiger partial charge in [0.1, 0.15) is 5.76 Å². The van der Waals surface area contributed by atoms with Gasteiger partial charge in [0.15, 0.2) is 5.60 Å². The van der Waals surface area contributed by atoms with E-state index >= 15 is 0 Å². The summed E-state index contributed by atoms with van der Waals surface area (Å²) in [7, 11) is 0. The van der Waals surface area contributed by atoms with Crippen LogP contribution in [0.3, 0.4) is 0 Å². The molecule has 0 amide bonds. The molecule has 3 heteroatoms. The molecule has 15 heavy (non-hydrogen) atoms. The molecule has 0 aliphatic carbocycles. The van der Waals surface area contributed by atoms with Crippen LogP contribution in [0.15, 0.2) is 53.1 Å². The van der Waals surface area contributed by atoms with E-state index in [0.29, 0.717) is 11.3 Å². The molecule has 1 atom stereocenters. The maximum absolute atomic E-state index is 10.3. The van der Waals surface area contributed by atoms with Gasteiger partial charge in [-0.3, -0.25) is 0 Å². The van der Waals surface area contributed by atoms with E-state index in [4.69, 9.17) is 4.42 Å². The fourth-order valence-corrected chi connectivity index (χ4v) is 1.54. The molecule has 1 heterocycles. The quantitative estimate of drug-likeness (QED) is 0.796. The normalized spacial score (nSPS) is 14.8. The lowest BCUT2D eigenvalue weighted by Gasteiger charge is -2.23. The molecular weight excluding hydrogens is 192 g/mol. The molecular formula is C12H12O3. The Balaban J connectivity index is 2.47. The lowest BCUT2D eigenvalue weighted by molar-refractivity contribution is -0.000216. The van der Waals surface area contributed by atoms with Crippen LogP contribution >= 0.6 is 0 Å². The van der Waals surface area contributed by atoms with Gasteiger partial charge in [0.2, 0.25) is 0 Å². The van der Waals surface area contributed by atoms with Crippen molar-refractivity contribution in [3.63, 3.8) is 0 Å². The highest BCUT2D eigenvalue weighted by atomic mass is 16.4. The van der Waals surface area contributed by atoms with E-state index in [1.807, 2.05) is 6.07 Å². The van der Waals surface area contributed by atoms with Crippen LogP contribution < -0.4 is 0 Å². The van der Waals surface area contributed by atoms with Crippen molar-refractivity contribution in [2.45, 2.75) is 5.60 Å². The van der Waals surface area contributed by atoms with Crippen molar-refractivity contribution in [1.29, 1.82) is 0 Å². The van der Waals surface area contributed by atoms with Crippen molar-refractivity contribution >= 4 is 0 Å². The Morgan fingerprint density at radius 2 is 1.80 bits per heavy atom. The molecule has 0 aliphatic heterocycles. The Kier molecular flexibility index (Phi) is 2.58. The average Bonchev–Trinajstić information content (AvgIpc) is 2.83. The van der Waals surface area contributed by atoms with Crippen molar-refractivity contribution < 1.29 is 14.6 Å². The predicted molar refractivity (Wildman–Crippen MR) is 55.2 cm³/mol. The predicted octanol–water partition coefficient (Wildman–Crippen LogP) is 1.51. The highest BCUT2D eigenvalue weighted by Gasteiger charge is 2.33. The van der Waals surface area contributed by atoms with Crippen LogP contribution in [0.2, 0.25) is 0 Å². The van der Waals surface area contributed by atoms with E-state index in [2.05, 4.69) is 0 Å². The molecule has 0 fully saturated rings. The van der Waals surface area contributed by atoms with Crippen LogP contribution in [-0.4, -0.2) is 16.8 Å². The molecule has 0 spiro atoms. The van der Waals surface area contributed by atoms with Gasteiger partial charge in [0.25, 0.3) is 0 Å². The smallest absolute Gasteiger partial charge is 0.170 e. The highest BCUT2D eigenvalue weighted by molar-refractivity contribution is 5.30. The molecule has 0 saturated carbocycles. The summed E-state index contributed by atoms with van der Waals surface area (Å²) >= 11 is 0. The average molecular weight is 204 g/mol. The fraction of sp³-hybridized carbons (Fsp3) is 0.167. The number of aliphatic hydroxyl groups is 2. The van der Waals surface area contributed by atoms with Gasteiger partial charge >= 0.3 is 0 Å². The van der Waals surface area contributed by atoms with Crippen LogP contribution in [0.5, 0.6) is 0 Å². The summed E-state index contributed by atoms with van der Waals surface area (Å²) in [5.74, 6) is 0.344. The second-order valence-corrected chi connectivity index (χ2v) is 3.36. The van der Waals surface area contributed by atoms with Crippen LogP contribution in [0.4, 0.5) is 0 Å². The van der Waals surface area contributed by atoms with E-state index < -0.39 is 12.2 Å². The van der Waals surface area contributed by atoms with Gasteiger partial charge in [0, 0.05) is 0 Å². The maximum atomic E-state index is 10.3. The van der Waals surface area contributed by atoms with Crippen molar-refractivity contribution in [2.24, 2.45) is 0 Å². The van der Waals surface area contributed by atoms with Gasteiger partial charge in [-0.15, -0.1) is 0 Å². The van der Waals surface area contributed by atoms with Crippen LogP contribution in [-0.2, 0) is 5.60 Å². The SMILES string of the molecule is OCC(O)(c1ccccc1)c1ccco1. The molecule has 0 bridgehead atoms. The van der Waals surface area contributed by atoms with Gasteiger partial charge in [0.05, 0.1) is 12.9 Å². The molecule has 1 aromatic carbocycles. The Morgan fingerprint density at radius 1 is 1.07 bits per heavy atom. The summed E-state index contributed by atoms with van der Waals surface area (Å²) in [6.45, 7) is -0.412. The second kappa shape index (κ2) is 3.88. The zero-order valence-electron chi connectivity index (χ0n) is 8.13. The minimum Gasteiger partial charge on any atom is -0.466 e. The van der Waals surface area contributed by atoms with Crippen molar-refractivity contribution in [1.82, 2.24) is 0 Å². The van der Waals surface area contributed by atoms with Crippen molar-refractivity contribution in [3.8, 4) is 0 Å². The first-order valence-electron chi connectivity index (χ1n) is 4.70. The van der Waals surface area contributed by atoms with Crippen LogP contribution in [0.25, 0.3) is 0 Å². The summed E-state index contributed by atoms with van der Waals surface area (Å²) in [6, 6.07) is 12.3. The van der Waals surface area contributed by atoms with Crippen molar-refractivity contribution in [2.75, 3.05) is 6.61 Å². The lowest BCUT2D eigenvalue weighted by Crippen LogP contribution is -2.30. The third-order valence-electron chi connectivity index (χ3n) is 2.41. The first kappa shape index (κ1) is 9.96. The Hall–Kier alpha value is -1.58. The number of furan rings is 1.